The quantitative estimate of drug-likeness (QED) is 0.776. The number of benzene rings is 1. The zero-order valence-corrected chi connectivity index (χ0v) is 15.1. The van der Waals surface area contributed by atoms with Crippen LogP contribution in [0.3, 0.4) is 0 Å². The van der Waals surface area contributed by atoms with Gasteiger partial charge in [0.25, 0.3) is 5.56 Å². The Bertz CT molecular complexity index is 835. The second-order valence-corrected chi connectivity index (χ2v) is 5.83. The van der Waals surface area contributed by atoms with Crippen LogP contribution in [0.1, 0.15) is 18.9 Å². The molecule has 0 fully saturated rings. The summed E-state index contributed by atoms with van der Waals surface area (Å²) < 4.78 is 6.17. The van der Waals surface area contributed by atoms with Gasteiger partial charge in [0, 0.05) is 30.3 Å². The van der Waals surface area contributed by atoms with Crippen molar-refractivity contribution in [3.8, 4) is 0 Å². The largest absolute Gasteiger partial charge is 0.450 e. The number of carbonyl (C=O) groups is 2. The van der Waals surface area contributed by atoms with E-state index < -0.39 is 6.09 Å². The van der Waals surface area contributed by atoms with Gasteiger partial charge in [-0.25, -0.2) is 4.79 Å². The number of amides is 2. The van der Waals surface area contributed by atoms with Gasteiger partial charge in [0.15, 0.2) is 0 Å². The van der Waals surface area contributed by atoms with Gasteiger partial charge in [0.1, 0.15) is 0 Å². The van der Waals surface area contributed by atoms with E-state index in [1.165, 1.54) is 16.7 Å². The number of hydrogen-bond acceptors (Lipinski definition) is 4. The van der Waals surface area contributed by atoms with Gasteiger partial charge in [0.05, 0.1) is 18.8 Å². The molecule has 0 atom stereocenters. The lowest BCUT2D eigenvalue weighted by Crippen LogP contribution is -2.28. The highest BCUT2D eigenvalue weighted by atomic mass is 35.5. The number of ether oxygens (including phenoxy) is 1. The van der Waals surface area contributed by atoms with Crippen molar-refractivity contribution in [3.63, 3.8) is 0 Å². The molecule has 26 heavy (non-hydrogen) atoms. The van der Waals surface area contributed by atoms with Crippen LogP contribution in [0.25, 0.3) is 0 Å². The van der Waals surface area contributed by atoms with Crippen LogP contribution in [-0.2, 0) is 16.1 Å². The van der Waals surface area contributed by atoms with E-state index in [-0.39, 0.29) is 31.0 Å². The summed E-state index contributed by atoms with van der Waals surface area (Å²) in [6.45, 7) is 2.42. The molecular formula is C18H20ClN3O4. The standard InChI is InChI=1S/C18H20ClN3O4/c1-2-26-18(25)20-10-9-16(23)21-14-7-8-17(24)22(12-14)11-13-5-3-4-6-15(13)19/h3-8,12H,2,9-11H2,1H3,(H,20,25)(H,21,23). The number of anilines is 1. The van der Waals surface area contributed by atoms with Crippen LogP contribution < -0.4 is 16.2 Å². The first kappa shape index (κ1) is 19.5. The molecule has 0 unspecified atom stereocenters. The Labute approximate surface area is 155 Å². The molecule has 2 aromatic rings. The monoisotopic (exact) mass is 377 g/mol. The van der Waals surface area contributed by atoms with Crippen LogP contribution in [0.15, 0.2) is 47.4 Å². The van der Waals surface area contributed by atoms with Gasteiger partial charge in [-0.3, -0.25) is 9.59 Å². The Balaban J connectivity index is 1.96. The van der Waals surface area contributed by atoms with Crippen LogP contribution in [0, 0.1) is 0 Å². The number of nitrogens with one attached hydrogen (secondary N) is 2. The average Bonchev–Trinajstić information content (AvgIpc) is 2.60. The maximum absolute atomic E-state index is 12.0. The van der Waals surface area contributed by atoms with Crippen LogP contribution >= 0.6 is 11.6 Å². The van der Waals surface area contributed by atoms with Crippen molar-refractivity contribution >= 4 is 29.3 Å². The predicted octanol–water partition coefficient (Wildman–Crippen LogP) is 2.62. The summed E-state index contributed by atoms with van der Waals surface area (Å²) in [6, 6.07) is 10.2. The van der Waals surface area contributed by atoms with Crippen molar-refractivity contribution in [2.75, 3.05) is 18.5 Å². The highest BCUT2D eigenvalue weighted by Gasteiger charge is 2.07. The molecule has 2 amide bonds. The van der Waals surface area contributed by atoms with Crippen molar-refractivity contribution in [2.24, 2.45) is 0 Å². The predicted molar refractivity (Wildman–Crippen MR) is 99.5 cm³/mol. The highest BCUT2D eigenvalue weighted by Crippen LogP contribution is 2.16. The first-order valence-corrected chi connectivity index (χ1v) is 8.51. The van der Waals surface area contributed by atoms with Gasteiger partial charge in [-0.2, -0.15) is 0 Å². The van der Waals surface area contributed by atoms with E-state index in [9.17, 15) is 14.4 Å². The molecule has 0 radical (unpaired) electrons. The summed E-state index contributed by atoms with van der Waals surface area (Å²) in [5.74, 6) is -0.287. The van der Waals surface area contributed by atoms with Gasteiger partial charge in [-0.1, -0.05) is 29.8 Å². The smallest absolute Gasteiger partial charge is 0.407 e. The molecule has 8 heteroatoms. The van der Waals surface area contributed by atoms with Crippen LogP contribution in [0.4, 0.5) is 10.5 Å². The Morgan fingerprint density at radius 2 is 1.96 bits per heavy atom. The Hall–Kier alpha value is -2.80. The maximum atomic E-state index is 12.0. The molecule has 0 bridgehead atoms. The van der Waals surface area contributed by atoms with Crippen molar-refractivity contribution < 1.29 is 14.3 Å². The van der Waals surface area contributed by atoms with Crippen molar-refractivity contribution in [3.05, 3.63) is 63.5 Å². The fraction of sp³-hybridized carbons (Fsp3) is 0.278. The Morgan fingerprint density at radius 1 is 1.19 bits per heavy atom. The van der Waals surface area contributed by atoms with E-state index in [0.717, 1.165) is 5.56 Å². The molecule has 0 aliphatic rings. The van der Waals surface area contributed by atoms with E-state index >= 15 is 0 Å². The number of alkyl carbamates (subject to hydrolysis) is 1. The lowest BCUT2D eigenvalue weighted by atomic mass is 10.2. The van der Waals surface area contributed by atoms with E-state index in [1.54, 1.807) is 19.2 Å². The number of pyridine rings is 1. The van der Waals surface area contributed by atoms with Gasteiger partial charge in [-0.05, 0) is 24.6 Å². The zero-order valence-electron chi connectivity index (χ0n) is 14.3. The molecule has 0 aliphatic heterocycles. The second kappa shape index (κ2) is 9.62. The fourth-order valence-electron chi connectivity index (χ4n) is 2.22. The van der Waals surface area contributed by atoms with E-state index in [0.29, 0.717) is 17.3 Å². The van der Waals surface area contributed by atoms with Crippen molar-refractivity contribution in [2.45, 2.75) is 19.9 Å². The van der Waals surface area contributed by atoms with E-state index in [2.05, 4.69) is 10.6 Å². The maximum Gasteiger partial charge on any atom is 0.407 e. The molecule has 1 heterocycles. The first-order chi connectivity index (χ1) is 12.5. The third-order valence-corrected chi connectivity index (χ3v) is 3.83. The van der Waals surface area contributed by atoms with Crippen LogP contribution in [0.2, 0.25) is 5.02 Å². The van der Waals surface area contributed by atoms with Gasteiger partial charge < -0.3 is 19.9 Å². The second-order valence-electron chi connectivity index (χ2n) is 5.42. The Morgan fingerprint density at radius 3 is 2.69 bits per heavy atom. The topological polar surface area (TPSA) is 89.4 Å². The minimum atomic E-state index is -0.561. The van der Waals surface area contributed by atoms with E-state index in [4.69, 9.17) is 16.3 Å². The summed E-state index contributed by atoms with van der Waals surface area (Å²) in [6.07, 6.45) is 1.08. The summed E-state index contributed by atoms with van der Waals surface area (Å²) in [7, 11) is 0. The molecule has 1 aromatic heterocycles. The molecule has 0 spiro atoms. The molecule has 138 valence electrons. The summed E-state index contributed by atoms with van der Waals surface area (Å²) >= 11 is 6.13. The fourth-order valence-corrected chi connectivity index (χ4v) is 2.42. The third kappa shape index (κ3) is 5.93. The van der Waals surface area contributed by atoms with Crippen molar-refractivity contribution in [1.82, 2.24) is 9.88 Å². The van der Waals surface area contributed by atoms with Crippen LogP contribution in [-0.4, -0.2) is 29.7 Å². The SMILES string of the molecule is CCOC(=O)NCCC(=O)Nc1ccc(=O)n(Cc2ccccc2Cl)c1. The number of nitrogens with zero attached hydrogens (tertiary/aromatic N) is 1. The number of halogens is 1. The lowest BCUT2D eigenvalue weighted by molar-refractivity contribution is -0.116. The number of carbonyl (C=O) groups excluding carboxylic acids is 2. The van der Waals surface area contributed by atoms with Crippen molar-refractivity contribution in [1.29, 1.82) is 0 Å². The summed E-state index contributed by atoms with van der Waals surface area (Å²) in [5, 5.41) is 5.73. The molecule has 0 saturated carbocycles. The minimum absolute atomic E-state index is 0.0858. The normalized spacial score (nSPS) is 10.2. The lowest BCUT2D eigenvalue weighted by Gasteiger charge is -2.11. The molecule has 1 aromatic carbocycles. The van der Waals surface area contributed by atoms with Crippen LogP contribution in [0.5, 0.6) is 0 Å². The highest BCUT2D eigenvalue weighted by molar-refractivity contribution is 6.31. The average molecular weight is 378 g/mol. The molecular weight excluding hydrogens is 358 g/mol. The third-order valence-electron chi connectivity index (χ3n) is 3.46. The van der Waals surface area contributed by atoms with Gasteiger partial charge in [-0.15, -0.1) is 0 Å². The zero-order chi connectivity index (χ0) is 18.9. The summed E-state index contributed by atoms with van der Waals surface area (Å²) in [4.78, 5) is 35.1. The molecule has 7 nitrogen and oxygen atoms in total. The molecule has 0 aliphatic carbocycles. The van der Waals surface area contributed by atoms with E-state index in [1.807, 2.05) is 18.2 Å². The molecule has 2 rings (SSSR count). The first-order valence-electron chi connectivity index (χ1n) is 8.14. The molecule has 0 saturated heterocycles. The Kier molecular flexibility index (Phi) is 7.23. The minimum Gasteiger partial charge on any atom is -0.450 e. The summed E-state index contributed by atoms with van der Waals surface area (Å²) in [5.41, 5.74) is 1.09. The van der Waals surface area contributed by atoms with Gasteiger partial charge >= 0.3 is 6.09 Å². The van der Waals surface area contributed by atoms with Gasteiger partial charge in [0.2, 0.25) is 5.91 Å². The number of hydrogen-bond donors (Lipinski definition) is 2. The number of aromatic nitrogens is 1. The molecule has 2 N–H and O–H groups in total. The number of rotatable bonds is 7.